The van der Waals surface area contributed by atoms with Crippen molar-refractivity contribution in [2.24, 2.45) is 17.8 Å². The quantitative estimate of drug-likeness (QED) is 0.463. The highest BCUT2D eigenvalue weighted by molar-refractivity contribution is 5.14. The predicted molar refractivity (Wildman–Crippen MR) is 34.0 cm³/mol. The Hall–Kier alpha value is -0.550. The van der Waals surface area contributed by atoms with Crippen molar-refractivity contribution in [1.29, 1.82) is 5.26 Å². The van der Waals surface area contributed by atoms with Crippen LogP contribution in [0, 0.1) is 29.1 Å². The standard InChI is InChI=1S/C8H9NO/c9-3-5-1-4-2-6(5)8-7(4)10-8/h4-8H,1-2H2/t4-,5+,6-,7-,8-/m1/s1. The maximum Gasteiger partial charge on any atom is 0.0885 e. The third kappa shape index (κ3) is 0.411. The van der Waals surface area contributed by atoms with Crippen LogP contribution in [0.5, 0.6) is 0 Å². The Kier molecular flexibility index (Phi) is 0.709. The zero-order chi connectivity index (χ0) is 6.72. The molecule has 0 aromatic rings. The van der Waals surface area contributed by atoms with Crippen LogP contribution in [0.25, 0.3) is 0 Å². The first-order chi connectivity index (χ1) is 4.90. The van der Waals surface area contributed by atoms with Gasteiger partial charge in [0.1, 0.15) is 0 Å². The summed E-state index contributed by atoms with van der Waals surface area (Å²) in [5.41, 5.74) is 0. The summed E-state index contributed by atoms with van der Waals surface area (Å²) in [7, 11) is 0. The Balaban J connectivity index is 1.93. The zero-order valence-corrected chi connectivity index (χ0v) is 5.66. The molecule has 2 saturated carbocycles. The number of rotatable bonds is 0. The normalized spacial score (nSPS) is 61.7. The lowest BCUT2D eigenvalue weighted by Gasteiger charge is -2.09. The number of fused-ring (bicyclic) bond motifs is 5. The molecule has 0 N–H and O–H groups in total. The van der Waals surface area contributed by atoms with Crippen molar-refractivity contribution < 1.29 is 4.74 Å². The summed E-state index contributed by atoms with van der Waals surface area (Å²) in [6.45, 7) is 0. The minimum Gasteiger partial charge on any atom is -0.369 e. The van der Waals surface area contributed by atoms with Crippen LogP contribution in [-0.4, -0.2) is 12.2 Å². The van der Waals surface area contributed by atoms with Crippen LogP contribution in [0.2, 0.25) is 0 Å². The molecular weight excluding hydrogens is 126 g/mol. The Morgan fingerprint density at radius 1 is 1.30 bits per heavy atom. The van der Waals surface area contributed by atoms with Gasteiger partial charge in [-0.2, -0.15) is 5.26 Å². The van der Waals surface area contributed by atoms with Crippen molar-refractivity contribution in [2.45, 2.75) is 25.0 Å². The molecule has 0 radical (unpaired) electrons. The molecule has 52 valence electrons. The molecule has 2 bridgehead atoms. The Labute approximate surface area is 59.8 Å². The fraction of sp³-hybridized carbons (Fsp3) is 0.875. The van der Waals surface area contributed by atoms with Crippen molar-refractivity contribution in [3.63, 3.8) is 0 Å². The van der Waals surface area contributed by atoms with Gasteiger partial charge in [-0.25, -0.2) is 0 Å². The van der Waals surface area contributed by atoms with Crippen LogP contribution in [-0.2, 0) is 4.74 Å². The lowest BCUT2D eigenvalue weighted by molar-refractivity contribution is 0.259. The second-order valence-electron chi connectivity index (χ2n) is 3.70. The largest absolute Gasteiger partial charge is 0.369 e. The van der Waals surface area contributed by atoms with Crippen LogP contribution >= 0.6 is 0 Å². The highest BCUT2D eigenvalue weighted by Crippen LogP contribution is 2.58. The first kappa shape index (κ1) is 5.15. The minimum absolute atomic E-state index is 0.328. The van der Waals surface area contributed by atoms with Gasteiger partial charge in [0.2, 0.25) is 0 Å². The van der Waals surface area contributed by atoms with E-state index in [0.29, 0.717) is 24.0 Å². The summed E-state index contributed by atoms with van der Waals surface area (Å²) in [5.74, 6) is 1.69. The van der Waals surface area contributed by atoms with E-state index in [4.69, 9.17) is 10.00 Å². The summed E-state index contributed by atoms with van der Waals surface area (Å²) in [5, 5.41) is 8.72. The monoisotopic (exact) mass is 135 g/mol. The molecule has 2 heteroatoms. The molecule has 3 rings (SSSR count). The zero-order valence-electron chi connectivity index (χ0n) is 5.66. The fourth-order valence-electron chi connectivity index (χ4n) is 2.75. The average Bonchev–Trinajstić information content (AvgIpc) is 2.58. The summed E-state index contributed by atoms with van der Waals surface area (Å²) in [4.78, 5) is 0. The average molecular weight is 135 g/mol. The molecule has 1 heterocycles. The van der Waals surface area contributed by atoms with E-state index in [0.717, 1.165) is 12.3 Å². The van der Waals surface area contributed by atoms with Crippen LogP contribution in [0.3, 0.4) is 0 Å². The number of nitrogens with zero attached hydrogens (tertiary/aromatic N) is 1. The van der Waals surface area contributed by atoms with E-state index in [1.165, 1.54) is 6.42 Å². The number of ether oxygens (including phenoxy) is 1. The smallest absolute Gasteiger partial charge is 0.0885 e. The summed E-state index contributed by atoms with van der Waals surface area (Å²) >= 11 is 0. The van der Waals surface area contributed by atoms with Crippen LogP contribution in [0.1, 0.15) is 12.8 Å². The molecule has 3 aliphatic rings. The minimum atomic E-state index is 0.328. The summed E-state index contributed by atoms with van der Waals surface area (Å²) in [6.07, 6.45) is 3.47. The van der Waals surface area contributed by atoms with E-state index in [-0.39, 0.29) is 0 Å². The lowest BCUT2D eigenvalue weighted by atomic mass is 9.90. The second-order valence-corrected chi connectivity index (χ2v) is 3.70. The Morgan fingerprint density at radius 2 is 2.20 bits per heavy atom. The van der Waals surface area contributed by atoms with E-state index >= 15 is 0 Å². The van der Waals surface area contributed by atoms with Crippen molar-refractivity contribution in [3.05, 3.63) is 0 Å². The summed E-state index contributed by atoms with van der Waals surface area (Å²) < 4.78 is 5.42. The fourth-order valence-corrected chi connectivity index (χ4v) is 2.75. The van der Waals surface area contributed by atoms with Crippen molar-refractivity contribution in [3.8, 4) is 6.07 Å². The first-order valence-electron chi connectivity index (χ1n) is 3.95. The van der Waals surface area contributed by atoms with Gasteiger partial charge in [-0.15, -0.1) is 0 Å². The van der Waals surface area contributed by atoms with Gasteiger partial charge in [-0.05, 0) is 18.8 Å². The molecular formula is C8H9NO. The van der Waals surface area contributed by atoms with Crippen LogP contribution in [0.15, 0.2) is 0 Å². The summed E-state index contributed by atoms with van der Waals surface area (Å²) in [6, 6.07) is 2.37. The lowest BCUT2D eigenvalue weighted by Crippen LogP contribution is -2.15. The maximum absolute atomic E-state index is 8.72. The molecule has 0 aromatic heterocycles. The number of hydrogen-bond acceptors (Lipinski definition) is 2. The van der Waals surface area contributed by atoms with Gasteiger partial charge in [-0.1, -0.05) is 0 Å². The molecule has 5 atom stereocenters. The van der Waals surface area contributed by atoms with Crippen LogP contribution in [0.4, 0.5) is 0 Å². The van der Waals surface area contributed by atoms with Gasteiger partial charge in [0.05, 0.1) is 24.2 Å². The molecule has 1 saturated heterocycles. The molecule has 0 aromatic carbocycles. The molecule has 2 nitrogen and oxygen atoms in total. The van der Waals surface area contributed by atoms with E-state index in [1.807, 2.05) is 0 Å². The van der Waals surface area contributed by atoms with E-state index in [2.05, 4.69) is 6.07 Å². The van der Waals surface area contributed by atoms with Gasteiger partial charge in [-0.3, -0.25) is 0 Å². The molecule has 2 aliphatic carbocycles. The second kappa shape index (κ2) is 1.38. The Morgan fingerprint density at radius 3 is 2.80 bits per heavy atom. The van der Waals surface area contributed by atoms with Gasteiger partial charge in [0.25, 0.3) is 0 Å². The van der Waals surface area contributed by atoms with E-state index in [1.54, 1.807) is 0 Å². The maximum atomic E-state index is 8.72. The van der Waals surface area contributed by atoms with Crippen molar-refractivity contribution >= 4 is 0 Å². The SMILES string of the molecule is N#C[C@@H]1C[C@@H]2C[C@H]1[C@H]1O[C@H]21. The first-order valence-corrected chi connectivity index (χ1v) is 3.95. The molecule has 0 spiro atoms. The van der Waals surface area contributed by atoms with E-state index in [9.17, 15) is 0 Å². The van der Waals surface area contributed by atoms with Crippen LogP contribution < -0.4 is 0 Å². The van der Waals surface area contributed by atoms with Gasteiger partial charge in [0, 0.05) is 5.92 Å². The highest BCUT2D eigenvalue weighted by Gasteiger charge is 2.63. The number of epoxide rings is 1. The molecule has 0 unspecified atom stereocenters. The van der Waals surface area contributed by atoms with E-state index < -0.39 is 0 Å². The highest BCUT2D eigenvalue weighted by atomic mass is 16.6. The predicted octanol–water partition coefficient (Wildman–Crippen LogP) is 0.933. The third-order valence-corrected chi connectivity index (χ3v) is 3.26. The third-order valence-electron chi connectivity index (χ3n) is 3.26. The number of hydrogen-bond donors (Lipinski definition) is 0. The van der Waals surface area contributed by atoms with Crippen molar-refractivity contribution in [2.75, 3.05) is 0 Å². The molecule has 1 aliphatic heterocycles. The molecule has 10 heavy (non-hydrogen) atoms. The van der Waals surface area contributed by atoms with Gasteiger partial charge in [0.15, 0.2) is 0 Å². The van der Waals surface area contributed by atoms with Gasteiger partial charge < -0.3 is 4.74 Å². The Bertz CT molecular complexity index is 220. The van der Waals surface area contributed by atoms with Crippen molar-refractivity contribution in [1.82, 2.24) is 0 Å². The number of nitriles is 1. The topological polar surface area (TPSA) is 36.3 Å². The molecule has 0 amide bonds. The molecule has 3 fully saturated rings. The van der Waals surface area contributed by atoms with Gasteiger partial charge >= 0.3 is 0 Å².